The minimum Gasteiger partial charge on any atom is -0.339 e. The van der Waals surface area contributed by atoms with E-state index in [1.807, 2.05) is 4.90 Å². The summed E-state index contributed by atoms with van der Waals surface area (Å²) in [4.78, 5) is 36.5. The second-order valence-electron chi connectivity index (χ2n) is 6.47. The maximum atomic E-state index is 12.5. The van der Waals surface area contributed by atoms with Crippen molar-refractivity contribution in [2.75, 3.05) is 18.4 Å². The molecule has 0 bridgehead atoms. The predicted octanol–water partition coefficient (Wildman–Crippen LogP) is 2.31. The molecule has 1 saturated carbocycles. The lowest BCUT2D eigenvalue weighted by Gasteiger charge is -2.20. The van der Waals surface area contributed by atoms with Crippen LogP contribution in [-0.2, 0) is 4.79 Å². The number of carbonyl (C=O) groups is 2. The summed E-state index contributed by atoms with van der Waals surface area (Å²) in [5.74, 6) is -0.855. The molecule has 24 heavy (non-hydrogen) atoms. The van der Waals surface area contributed by atoms with Crippen LogP contribution in [0.1, 0.15) is 42.5 Å². The Morgan fingerprint density at radius 3 is 2.25 bits per heavy atom. The van der Waals surface area contributed by atoms with Crippen molar-refractivity contribution >= 4 is 17.5 Å². The minimum atomic E-state index is -0.756. The zero-order valence-electron chi connectivity index (χ0n) is 13.4. The molecule has 1 aliphatic heterocycles. The lowest BCUT2D eigenvalue weighted by Crippen LogP contribution is -2.31. The molecule has 7 nitrogen and oxygen atoms in total. The molecule has 2 atom stereocenters. The first-order valence-electron chi connectivity index (χ1n) is 8.40. The van der Waals surface area contributed by atoms with Gasteiger partial charge in [-0.25, -0.2) is 0 Å². The molecule has 1 aromatic rings. The molecule has 0 unspecified atom stereocenters. The second-order valence-corrected chi connectivity index (χ2v) is 6.47. The van der Waals surface area contributed by atoms with Gasteiger partial charge in [-0.1, -0.05) is 12.8 Å². The van der Waals surface area contributed by atoms with Crippen LogP contribution in [0.3, 0.4) is 0 Å². The molecule has 2 amide bonds. The Balaban J connectivity index is 1.58. The van der Waals surface area contributed by atoms with E-state index in [1.165, 1.54) is 12.8 Å². The van der Waals surface area contributed by atoms with E-state index in [0.29, 0.717) is 17.7 Å². The number of benzene rings is 1. The lowest BCUT2D eigenvalue weighted by atomic mass is 10.1. The van der Waals surface area contributed by atoms with Gasteiger partial charge in [0.25, 0.3) is 5.91 Å². The van der Waals surface area contributed by atoms with E-state index in [-0.39, 0.29) is 11.8 Å². The molecule has 2 aliphatic rings. The van der Waals surface area contributed by atoms with Crippen LogP contribution in [0.5, 0.6) is 0 Å². The maximum Gasteiger partial charge on any atom is 0.253 e. The second kappa shape index (κ2) is 6.98. The first-order valence-corrected chi connectivity index (χ1v) is 8.40. The van der Waals surface area contributed by atoms with Crippen molar-refractivity contribution in [2.45, 2.75) is 38.1 Å². The summed E-state index contributed by atoms with van der Waals surface area (Å²) in [5, 5.41) is 13.3. The molecule has 1 saturated heterocycles. The van der Waals surface area contributed by atoms with Gasteiger partial charge < -0.3 is 10.2 Å². The van der Waals surface area contributed by atoms with Crippen LogP contribution in [0.15, 0.2) is 24.3 Å². The SMILES string of the molecule is O=C(Nc1ccc(C(=O)N2CCCCCC2)cc1)[C@@H]1C[C@H]1[N+](=O)[O-]. The van der Waals surface area contributed by atoms with Crippen LogP contribution in [0.2, 0.25) is 0 Å². The molecule has 0 aromatic heterocycles. The highest BCUT2D eigenvalue weighted by Gasteiger charge is 2.53. The number of nitro groups is 1. The van der Waals surface area contributed by atoms with E-state index in [1.54, 1.807) is 24.3 Å². The van der Waals surface area contributed by atoms with Gasteiger partial charge in [0.2, 0.25) is 11.9 Å². The number of hydrogen-bond donors (Lipinski definition) is 1. The molecule has 128 valence electrons. The number of amides is 2. The van der Waals surface area contributed by atoms with Gasteiger partial charge in [-0.2, -0.15) is 0 Å². The summed E-state index contributed by atoms with van der Waals surface area (Å²) in [6, 6.07) is 5.98. The van der Waals surface area contributed by atoms with E-state index in [2.05, 4.69) is 5.32 Å². The largest absolute Gasteiger partial charge is 0.339 e. The quantitative estimate of drug-likeness (QED) is 0.677. The normalized spacial score (nSPS) is 23.2. The van der Waals surface area contributed by atoms with E-state index in [4.69, 9.17) is 0 Å². The Morgan fingerprint density at radius 1 is 1.08 bits per heavy atom. The van der Waals surface area contributed by atoms with Crippen molar-refractivity contribution in [2.24, 2.45) is 5.92 Å². The standard InChI is InChI=1S/C17H21N3O4/c21-16(14-11-15(14)20(23)24)18-13-7-5-12(6-8-13)17(22)19-9-3-1-2-4-10-19/h5-8,14-15H,1-4,9-11H2,(H,18,21)/t14-,15-/m1/s1. The number of carbonyl (C=O) groups excluding carboxylic acids is 2. The van der Waals surface area contributed by atoms with E-state index < -0.39 is 16.9 Å². The van der Waals surface area contributed by atoms with E-state index in [0.717, 1.165) is 25.9 Å². The summed E-state index contributed by atoms with van der Waals surface area (Å²) in [6.07, 6.45) is 4.71. The third-order valence-electron chi connectivity index (χ3n) is 4.66. The van der Waals surface area contributed by atoms with E-state index in [9.17, 15) is 19.7 Å². The molecule has 2 fully saturated rings. The Kier molecular flexibility index (Phi) is 4.78. The smallest absolute Gasteiger partial charge is 0.253 e. The Labute approximate surface area is 140 Å². The molecule has 1 aromatic carbocycles. The van der Waals surface area contributed by atoms with Gasteiger partial charge in [-0.3, -0.25) is 19.7 Å². The molecule has 3 rings (SSSR count). The molecule has 1 N–H and O–H groups in total. The highest BCUT2D eigenvalue weighted by molar-refractivity contribution is 5.97. The maximum absolute atomic E-state index is 12.5. The first-order chi connectivity index (χ1) is 11.6. The molecule has 0 radical (unpaired) electrons. The number of anilines is 1. The van der Waals surface area contributed by atoms with E-state index >= 15 is 0 Å². The van der Waals surface area contributed by atoms with Gasteiger partial charge in [0.1, 0.15) is 5.92 Å². The van der Waals surface area contributed by atoms with Crippen molar-refractivity contribution in [3.63, 3.8) is 0 Å². The fourth-order valence-electron chi connectivity index (χ4n) is 3.08. The van der Waals surface area contributed by atoms with Gasteiger partial charge in [0.05, 0.1) is 0 Å². The minimum absolute atomic E-state index is 0.0189. The summed E-state index contributed by atoms with van der Waals surface area (Å²) in [7, 11) is 0. The van der Waals surface area contributed by atoms with Gasteiger partial charge in [-0.15, -0.1) is 0 Å². The topological polar surface area (TPSA) is 92.6 Å². The highest BCUT2D eigenvalue weighted by atomic mass is 16.6. The molecular weight excluding hydrogens is 310 g/mol. The van der Waals surface area contributed by atoms with Crippen LogP contribution in [0.4, 0.5) is 5.69 Å². The summed E-state index contributed by atoms with van der Waals surface area (Å²) in [5.41, 5.74) is 1.16. The monoisotopic (exact) mass is 331 g/mol. The summed E-state index contributed by atoms with van der Waals surface area (Å²) >= 11 is 0. The molecule has 0 spiro atoms. The van der Waals surface area contributed by atoms with Crippen molar-refractivity contribution in [3.05, 3.63) is 39.9 Å². The number of nitrogens with one attached hydrogen (secondary N) is 1. The zero-order chi connectivity index (χ0) is 17.1. The summed E-state index contributed by atoms with van der Waals surface area (Å²) in [6.45, 7) is 1.59. The summed E-state index contributed by atoms with van der Waals surface area (Å²) < 4.78 is 0. The number of hydrogen-bond acceptors (Lipinski definition) is 4. The Hall–Kier alpha value is -2.44. The average Bonchev–Trinajstić information content (AvgIpc) is 3.39. The van der Waals surface area contributed by atoms with Gasteiger partial charge in [-0.05, 0) is 37.1 Å². The zero-order valence-corrected chi connectivity index (χ0v) is 13.4. The Bertz CT molecular complexity index is 636. The Morgan fingerprint density at radius 2 is 1.71 bits per heavy atom. The first kappa shape index (κ1) is 16.4. The van der Waals surface area contributed by atoms with Crippen molar-refractivity contribution in [1.82, 2.24) is 4.90 Å². The molecule has 7 heteroatoms. The molecule has 1 aliphatic carbocycles. The highest BCUT2D eigenvalue weighted by Crippen LogP contribution is 2.34. The average molecular weight is 331 g/mol. The number of likely N-dealkylation sites (tertiary alicyclic amines) is 1. The van der Waals surface area contributed by atoms with Crippen molar-refractivity contribution in [1.29, 1.82) is 0 Å². The fraction of sp³-hybridized carbons (Fsp3) is 0.529. The molecular formula is C17H21N3O4. The lowest BCUT2D eigenvalue weighted by molar-refractivity contribution is -0.497. The van der Waals surface area contributed by atoms with Crippen LogP contribution < -0.4 is 5.32 Å². The fourth-order valence-corrected chi connectivity index (χ4v) is 3.08. The van der Waals surface area contributed by atoms with Crippen LogP contribution in [0, 0.1) is 16.0 Å². The van der Waals surface area contributed by atoms with Gasteiger partial charge >= 0.3 is 0 Å². The molecule has 1 heterocycles. The number of rotatable bonds is 4. The van der Waals surface area contributed by atoms with Crippen LogP contribution in [0.25, 0.3) is 0 Å². The number of nitrogens with zero attached hydrogens (tertiary/aromatic N) is 2. The predicted molar refractivity (Wildman–Crippen MR) is 88.3 cm³/mol. The van der Waals surface area contributed by atoms with Gasteiger partial charge in [0, 0.05) is 35.7 Å². The van der Waals surface area contributed by atoms with Crippen molar-refractivity contribution in [3.8, 4) is 0 Å². The third-order valence-corrected chi connectivity index (χ3v) is 4.66. The third kappa shape index (κ3) is 3.72. The van der Waals surface area contributed by atoms with Gasteiger partial charge in [0.15, 0.2) is 0 Å². The van der Waals surface area contributed by atoms with Crippen LogP contribution in [-0.4, -0.2) is 40.8 Å². The van der Waals surface area contributed by atoms with Crippen molar-refractivity contribution < 1.29 is 14.5 Å². The van der Waals surface area contributed by atoms with Crippen LogP contribution >= 0.6 is 0 Å².